The van der Waals surface area contributed by atoms with E-state index in [-0.39, 0.29) is 5.69 Å². The van der Waals surface area contributed by atoms with Crippen LogP contribution < -0.4 is 14.8 Å². The third-order valence-electron chi connectivity index (χ3n) is 3.80. The van der Waals surface area contributed by atoms with Crippen LogP contribution >= 0.6 is 11.3 Å². The molecule has 1 aromatic carbocycles. The standard InChI is InChI=1S/C17H17F3N2O4S/c1-9-8-27-14(21-9)16(24,17(18,19)20)7-13(23)22-10-4-5-11-12(6-10)26-15(2,3)25-11/h4-6,8,24H,7H2,1-3H3,(H,22,23). The molecule has 1 aromatic heterocycles. The number of carbonyl (C=O) groups excluding carboxylic acids is 1. The molecule has 0 spiro atoms. The largest absolute Gasteiger partial charge is 0.449 e. The quantitative estimate of drug-likeness (QED) is 0.815. The first-order valence-corrected chi connectivity index (χ1v) is 8.81. The minimum Gasteiger partial charge on any atom is -0.449 e. The molecule has 6 nitrogen and oxygen atoms in total. The number of aromatic nitrogens is 1. The summed E-state index contributed by atoms with van der Waals surface area (Å²) in [6, 6.07) is 4.46. The number of aryl methyl sites for hydroxylation is 1. The van der Waals surface area contributed by atoms with Crippen LogP contribution in [0.2, 0.25) is 0 Å². The van der Waals surface area contributed by atoms with Crippen molar-refractivity contribution in [3.8, 4) is 11.5 Å². The number of nitrogens with zero attached hydrogens (tertiary/aromatic N) is 1. The summed E-state index contributed by atoms with van der Waals surface area (Å²) in [4.78, 5) is 15.9. The Hall–Kier alpha value is -2.33. The number of amides is 1. The van der Waals surface area contributed by atoms with Crippen molar-refractivity contribution in [1.29, 1.82) is 0 Å². The molecular weight excluding hydrogens is 385 g/mol. The maximum Gasteiger partial charge on any atom is 0.424 e. The first-order valence-electron chi connectivity index (χ1n) is 7.93. The van der Waals surface area contributed by atoms with Gasteiger partial charge in [-0.3, -0.25) is 4.79 Å². The Morgan fingerprint density at radius 3 is 2.56 bits per heavy atom. The monoisotopic (exact) mass is 402 g/mol. The number of ether oxygens (including phenoxy) is 2. The van der Waals surface area contributed by atoms with Crippen LogP contribution in [0, 0.1) is 6.92 Å². The van der Waals surface area contributed by atoms with Crippen LogP contribution in [0.1, 0.15) is 31.0 Å². The van der Waals surface area contributed by atoms with Crippen molar-refractivity contribution in [2.24, 2.45) is 0 Å². The molecule has 1 amide bonds. The average molecular weight is 402 g/mol. The SMILES string of the molecule is Cc1csc(C(O)(CC(=O)Nc2ccc3c(c2)OC(C)(C)O3)C(F)(F)F)n1. The summed E-state index contributed by atoms with van der Waals surface area (Å²) in [6.45, 7) is 4.90. The van der Waals surface area contributed by atoms with Crippen molar-refractivity contribution in [3.63, 3.8) is 0 Å². The Kier molecular flexibility index (Phi) is 4.59. The number of fused-ring (bicyclic) bond motifs is 1. The Morgan fingerprint density at radius 1 is 1.30 bits per heavy atom. The van der Waals surface area contributed by atoms with E-state index in [1.54, 1.807) is 19.9 Å². The van der Waals surface area contributed by atoms with Crippen LogP contribution in [-0.2, 0) is 10.4 Å². The molecule has 3 rings (SSSR count). The van der Waals surface area contributed by atoms with E-state index in [9.17, 15) is 23.1 Å². The van der Waals surface area contributed by atoms with Gasteiger partial charge in [0.15, 0.2) is 11.5 Å². The smallest absolute Gasteiger partial charge is 0.424 e. The summed E-state index contributed by atoms with van der Waals surface area (Å²) >= 11 is 0.650. The van der Waals surface area contributed by atoms with Crippen LogP contribution in [0.25, 0.3) is 0 Å². The zero-order valence-corrected chi connectivity index (χ0v) is 15.5. The molecular formula is C17H17F3N2O4S. The fourth-order valence-electron chi connectivity index (χ4n) is 2.58. The normalized spacial score (nSPS) is 17.4. The van der Waals surface area contributed by atoms with Gasteiger partial charge in [-0.2, -0.15) is 13.2 Å². The molecule has 0 bridgehead atoms. The van der Waals surface area contributed by atoms with Gasteiger partial charge in [-0.25, -0.2) is 4.98 Å². The Bertz CT molecular complexity index is 881. The van der Waals surface area contributed by atoms with Gasteiger partial charge >= 0.3 is 6.18 Å². The van der Waals surface area contributed by atoms with E-state index >= 15 is 0 Å². The molecule has 2 aromatic rings. The molecule has 146 valence electrons. The Labute approximate surface area is 156 Å². The predicted molar refractivity (Wildman–Crippen MR) is 91.8 cm³/mol. The lowest BCUT2D eigenvalue weighted by atomic mass is 9.99. The molecule has 10 heteroatoms. The lowest BCUT2D eigenvalue weighted by Gasteiger charge is -2.27. The average Bonchev–Trinajstić information content (AvgIpc) is 3.07. The fourth-order valence-corrected chi connectivity index (χ4v) is 3.49. The van der Waals surface area contributed by atoms with E-state index in [1.807, 2.05) is 0 Å². The van der Waals surface area contributed by atoms with Gasteiger partial charge in [0.1, 0.15) is 5.01 Å². The highest BCUT2D eigenvalue weighted by Gasteiger charge is 2.58. The first-order chi connectivity index (χ1) is 12.4. The van der Waals surface area contributed by atoms with Crippen LogP contribution in [0.15, 0.2) is 23.6 Å². The molecule has 1 aliphatic rings. The number of carbonyl (C=O) groups is 1. The lowest BCUT2D eigenvalue weighted by Crippen LogP contribution is -2.45. The fraction of sp³-hybridized carbons (Fsp3) is 0.412. The molecule has 1 aliphatic heterocycles. The summed E-state index contributed by atoms with van der Waals surface area (Å²) in [5.74, 6) is -1.06. The number of hydrogen-bond acceptors (Lipinski definition) is 6. The molecule has 0 fully saturated rings. The van der Waals surface area contributed by atoms with Gasteiger partial charge in [-0.1, -0.05) is 0 Å². The van der Waals surface area contributed by atoms with Crippen LogP contribution in [0.4, 0.5) is 18.9 Å². The Balaban J connectivity index is 1.78. The number of anilines is 1. The van der Waals surface area contributed by atoms with Gasteiger partial charge in [0.25, 0.3) is 0 Å². The van der Waals surface area contributed by atoms with E-state index in [0.717, 1.165) is 0 Å². The van der Waals surface area contributed by atoms with E-state index in [1.165, 1.54) is 24.4 Å². The van der Waals surface area contributed by atoms with Crippen molar-refractivity contribution < 1.29 is 32.5 Å². The molecule has 2 N–H and O–H groups in total. The number of alkyl halides is 3. The maximum atomic E-state index is 13.5. The van der Waals surface area contributed by atoms with Crippen LogP contribution in [0.5, 0.6) is 11.5 Å². The van der Waals surface area contributed by atoms with Gasteiger partial charge in [0, 0.05) is 36.7 Å². The zero-order chi connectivity index (χ0) is 20.0. The number of nitrogens with one attached hydrogen (secondary N) is 1. The number of benzene rings is 1. The summed E-state index contributed by atoms with van der Waals surface area (Å²) < 4.78 is 51.4. The molecule has 1 atom stereocenters. The highest BCUT2D eigenvalue weighted by Crippen LogP contribution is 2.44. The number of rotatable bonds is 4. The highest BCUT2D eigenvalue weighted by molar-refractivity contribution is 7.09. The third kappa shape index (κ3) is 3.86. The second kappa shape index (κ2) is 6.38. The predicted octanol–water partition coefficient (Wildman–Crippen LogP) is 3.74. The number of hydrogen-bond donors (Lipinski definition) is 2. The summed E-state index contributed by atoms with van der Waals surface area (Å²) in [5, 5.41) is 13.4. The molecule has 27 heavy (non-hydrogen) atoms. The zero-order valence-electron chi connectivity index (χ0n) is 14.7. The third-order valence-corrected chi connectivity index (χ3v) is 4.91. The van der Waals surface area contributed by atoms with Crippen LogP contribution in [-0.4, -0.2) is 28.0 Å². The molecule has 0 aliphatic carbocycles. The van der Waals surface area contributed by atoms with Crippen molar-refractivity contribution in [1.82, 2.24) is 4.98 Å². The van der Waals surface area contributed by atoms with Gasteiger partial charge in [0.2, 0.25) is 17.3 Å². The Morgan fingerprint density at radius 2 is 1.96 bits per heavy atom. The van der Waals surface area contributed by atoms with Gasteiger partial charge in [-0.15, -0.1) is 11.3 Å². The second-order valence-corrected chi connectivity index (χ2v) is 7.50. The van der Waals surface area contributed by atoms with Crippen molar-refractivity contribution in [3.05, 3.63) is 34.3 Å². The van der Waals surface area contributed by atoms with Crippen molar-refractivity contribution >= 4 is 22.9 Å². The number of aliphatic hydroxyl groups is 1. The molecule has 0 saturated carbocycles. The lowest BCUT2D eigenvalue weighted by molar-refractivity contribution is -0.266. The maximum absolute atomic E-state index is 13.5. The van der Waals surface area contributed by atoms with Gasteiger partial charge in [0.05, 0.1) is 6.42 Å². The van der Waals surface area contributed by atoms with Crippen molar-refractivity contribution in [2.75, 3.05) is 5.32 Å². The van der Waals surface area contributed by atoms with Crippen molar-refractivity contribution in [2.45, 2.75) is 44.8 Å². The summed E-state index contributed by atoms with van der Waals surface area (Å²) in [6.07, 6.45) is -6.28. The molecule has 2 heterocycles. The summed E-state index contributed by atoms with van der Waals surface area (Å²) in [5.41, 5.74) is -2.81. The first kappa shape index (κ1) is 19.4. The minimum atomic E-state index is -5.06. The second-order valence-electron chi connectivity index (χ2n) is 6.64. The summed E-state index contributed by atoms with van der Waals surface area (Å²) in [7, 11) is 0. The molecule has 0 saturated heterocycles. The van der Waals surface area contributed by atoms with Crippen LogP contribution in [0.3, 0.4) is 0 Å². The highest BCUT2D eigenvalue weighted by atomic mass is 32.1. The minimum absolute atomic E-state index is 0.222. The molecule has 0 radical (unpaired) electrons. The van der Waals surface area contributed by atoms with E-state index in [0.29, 0.717) is 28.5 Å². The van der Waals surface area contributed by atoms with Gasteiger partial charge in [-0.05, 0) is 19.1 Å². The van der Waals surface area contributed by atoms with E-state index in [2.05, 4.69) is 10.3 Å². The topological polar surface area (TPSA) is 80.7 Å². The number of thiazole rings is 1. The number of halogens is 3. The van der Waals surface area contributed by atoms with Gasteiger partial charge < -0.3 is 19.9 Å². The molecule has 1 unspecified atom stereocenters. The van der Waals surface area contributed by atoms with E-state index < -0.39 is 34.9 Å². The van der Waals surface area contributed by atoms with E-state index in [4.69, 9.17) is 9.47 Å².